The van der Waals surface area contributed by atoms with Crippen molar-refractivity contribution in [2.45, 2.75) is 19.3 Å². The quantitative estimate of drug-likeness (QED) is 0.889. The van der Waals surface area contributed by atoms with Crippen LogP contribution in [0.15, 0.2) is 29.0 Å². The minimum atomic E-state index is 0.580. The molecule has 94 valence electrons. The molecule has 5 nitrogen and oxygen atoms in total. The second kappa shape index (κ2) is 5.27. The summed E-state index contributed by atoms with van der Waals surface area (Å²) in [6, 6.07) is 3.75. The topological polar surface area (TPSA) is 63.8 Å². The summed E-state index contributed by atoms with van der Waals surface area (Å²) < 4.78 is 5.28. The van der Waals surface area contributed by atoms with E-state index < -0.39 is 0 Å². The van der Waals surface area contributed by atoms with Crippen molar-refractivity contribution in [2.24, 2.45) is 5.92 Å². The van der Waals surface area contributed by atoms with Gasteiger partial charge >= 0.3 is 0 Å². The van der Waals surface area contributed by atoms with Gasteiger partial charge in [-0.1, -0.05) is 5.16 Å². The van der Waals surface area contributed by atoms with Crippen LogP contribution in [-0.4, -0.2) is 28.2 Å². The molecule has 0 bridgehead atoms. The van der Waals surface area contributed by atoms with Gasteiger partial charge in [0.15, 0.2) is 5.82 Å². The predicted molar refractivity (Wildman–Crippen MR) is 66.8 cm³/mol. The first-order valence-corrected chi connectivity index (χ1v) is 6.35. The Morgan fingerprint density at radius 3 is 3.00 bits per heavy atom. The van der Waals surface area contributed by atoms with E-state index in [1.54, 1.807) is 12.4 Å². The number of nitrogens with one attached hydrogen (secondary N) is 1. The van der Waals surface area contributed by atoms with E-state index >= 15 is 0 Å². The van der Waals surface area contributed by atoms with Gasteiger partial charge in [0.25, 0.3) is 5.89 Å². The van der Waals surface area contributed by atoms with Crippen LogP contribution in [0.1, 0.15) is 18.7 Å². The van der Waals surface area contributed by atoms with Crippen LogP contribution >= 0.6 is 0 Å². The van der Waals surface area contributed by atoms with E-state index in [2.05, 4.69) is 20.4 Å². The summed E-state index contributed by atoms with van der Waals surface area (Å²) in [5.41, 5.74) is 0.922. The first kappa shape index (κ1) is 11.3. The Hall–Kier alpha value is -1.75. The second-order valence-corrected chi connectivity index (χ2v) is 4.67. The molecule has 0 aliphatic carbocycles. The number of piperidine rings is 1. The molecule has 1 fully saturated rings. The summed E-state index contributed by atoms with van der Waals surface area (Å²) >= 11 is 0. The van der Waals surface area contributed by atoms with Gasteiger partial charge in [-0.05, 0) is 44.0 Å². The fraction of sp³-hybridized carbons (Fsp3) is 0.462. The Balaban J connectivity index is 1.69. The number of nitrogens with zero attached hydrogens (tertiary/aromatic N) is 3. The lowest BCUT2D eigenvalue weighted by atomic mass is 9.96. The van der Waals surface area contributed by atoms with Gasteiger partial charge < -0.3 is 9.84 Å². The Kier molecular flexibility index (Phi) is 3.32. The molecule has 0 amide bonds. The smallest absolute Gasteiger partial charge is 0.258 e. The van der Waals surface area contributed by atoms with Crippen molar-refractivity contribution in [1.29, 1.82) is 0 Å². The maximum Gasteiger partial charge on any atom is 0.258 e. The third kappa shape index (κ3) is 2.56. The van der Waals surface area contributed by atoms with Crippen molar-refractivity contribution in [1.82, 2.24) is 20.4 Å². The molecule has 1 N–H and O–H groups in total. The van der Waals surface area contributed by atoms with Crippen LogP contribution in [0.2, 0.25) is 0 Å². The van der Waals surface area contributed by atoms with Gasteiger partial charge in [-0.15, -0.1) is 0 Å². The molecule has 0 spiro atoms. The Morgan fingerprint density at radius 2 is 2.22 bits per heavy atom. The molecule has 1 atom stereocenters. The number of hydrogen-bond donors (Lipinski definition) is 1. The summed E-state index contributed by atoms with van der Waals surface area (Å²) in [5.74, 6) is 2.01. The summed E-state index contributed by atoms with van der Waals surface area (Å²) in [5, 5.41) is 7.45. The Bertz CT molecular complexity index is 491. The maximum atomic E-state index is 5.28. The summed E-state index contributed by atoms with van der Waals surface area (Å²) in [6.07, 6.45) is 6.82. The molecule has 2 aromatic heterocycles. The Morgan fingerprint density at radius 1 is 1.33 bits per heavy atom. The summed E-state index contributed by atoms with van der Waals surface area (Å²) in [4.78, 5) is 8.41. The van der Waals surface area contributed by atoms with Crippen molar-refractivity contribution >= 4 is 0 Å². The van der Waals surface area contributed by atoms with Gasteiger partial charge in [-0.25, -0.2) is 0 Å². The zero-order valence-electron chi connectivity index (χ0n) is 10.2. The van der Waals surface area contributed by atoms with Gasteiger partial charge in [-0.2, -0.15) is 4.98 Å². The van der Waals surface area contributed by atoms with Crippen LogP contribution in [0.5, 0.6) is 0 Å². The van der Waals surface area contributed by atoms with Crippen LogP contribution in [0.25, 0.3) is 11.5 Å². The third-order valence-electron chi connectivity index (χ3n) is 3.27. The average Bonchev–Trinajstić information content (AvgIpc) is 2.89. The largest absolute Gasteiger partial charge is 0.334 e. The third-order valence-corrected chi connectivity index (χ3v) is 3.27. The molecular formula is C13H16N4O. The molecular weight excluding hydrogens is 228 g/mol. The van der Waals surface area contributed by atoms with Crippen molar-refractivity contribution in [3.8, 4) is 11.5 Å². The number of rotatable bonds is 3. The van der Waals surface area contributed by atoms with E-state index in [0.29, 0.717) is 11.8 Å². The molecule has 2 aromatic rings. The molecule has 3 heterocycles. The van der Waals surface area contributed by atoms with E-state index in [0.717, 1.165) is 30.9 Å². The van der Waals surface area contributed by atoms with E-state index in [1.807, 2.05) is 12.1 Å². The first-order chi connectivity index (χ1) is 8.92. The minimum Gasteiger partial charge on any atom is -0.334 e. The van der Waals surface area contributed by atoms with E-state index in [4.69, 9.17) is 4.52 Å². The molecule has 0 aromatic carbocycles. The fourth-order valence-corrected chi connectivity index (χ4v) is 2.31. The molecule has 18 heavy (non-hydrogen) atoms. The van der Waals surface area contributed by atoms with Crippen LogP contribution in [0.3, 0.4) is 0 Å². The van der Waals surface area contributed by atoms with E-state index in [9.17, 15) is 0 Å². The molecule has 3 rings (SSSR count). The maximum absolute atomic E-state index is 5.28. The van der Waals surface area contributed by atoms with E-state index in [1.165, 1.54) is 12.8 Å². The van der Waals surface area contributed by atoms with Crippen molar-refractivity contribution < 1.29 is 4.52 Å². The van der Waals surface area contributed by atoms with Gasteiger partial charge in [0, 0.05) is 24.4 Å². The van der Waals surface area contributed by atoms with Gasteiger partial charge in [0.2, 0.25) is 0 Å². The highest BCUT2D eigenvalue weighted by molar-refractivity contribution is 5.50. The zero-order chi connectivity index (χ0) is 12.2. The lowest BCUT2D eigenvalue weighted by Crippen LogP contribution is -2.31. The monoisotopic (exact) mass is 244 g/mol. The second-order valence-electron chi connectivity index (χ2n) is 4.67. The molecule has 1 unspecified atom stereocenters. The molecule has 1 saturated heterocycles. The highest BCUT2D eigenvalue weighted by atomic mass is 16.5. The van der Waals surface area contributed by atoms with Crippen LogP contribution in [0, 0.1) is 5.92 Å². The lowest BCUT2D eigenvalue weighted by molar-refractivity contribution is 0.360. The SMILES string of the molecule is c1cc(-c2nc(CC3CCCNC3)no2)ccn1. The average molecular weight is 244 g/mol. The Labute approximate surface area is 106 Å². The van der Waals surface area contributed by atoms with E-state index in [-0.39, 0.29) is 0 Å². The molecule has 0 radical (unpaired) electrons. The first-order valence-electron chi connectivity index (χ1n) is 6.35. The zero-order valence-corrected chi connectivity index (χ0v) is 10.2. The van der Waals surface area contributed by atoms with Crippen molar-refractivity contribution in [3.63, 3.8) is 0 Å². The fourth-order valence-electron chi connectivity index (χ4n) is 2.31. The predicted octanol–water partition coefficient (Wildman–Crippen LogP) is 1.67. The van der Waals surface area contributed by atoms with Crippen molar-refractivity contribution in [2.75, 3.05) is 13.1 Å². The van der Waals surface area contributed by atoms with Gasteiger partial charge in [0.1, 0.15) is 0 Å². The van der Waals surface area contributed by atoms with Gasteiger partial charge in [-0.3, -0.25) is 4.98 Å². The highest BCUT2D eigenvalue weighted by Crippen LogP contribution is 2.19. The molecule has 0 saturated carbocycles. The van der Waals surface area contributed by atoms with Crippen LogP contribution < -0.4 is 5.32 Å². The van der Waals surface area contributed by atoms with Crippen LogP contribution in [0.4, 0.5) is 0 Å². The lowest BCUT2D eigenvalue weighted by Gasteiger charge is -2.20. The number of pyridine rings is 1. The van der Waals surface area contributed by atoms with Gasteiger partial charge in [0.05, 0.1) is 0 Å². The molecule has 5 heteroatoms. The van der Waals surface area contributed by atoms with Crippen LogP contribution in [-0.2, 0) is 6.42 Å². The molecule has 1 aliphatic rings. The summed E-state index contributed by atoms with van der Waals surface area (Å²) in [6.45, 7) is 2.18. The number of aromatic nitrogens is 3. The number of hydrogen-bond acceptors (Lipinski definition) is 5. The van der Waals surface area contributed by atoms with Crippen molar-refractivity contribution in [3.05, 3.63) is 30.4 Å². The highest BCUT2D eigenvalue weighted by Gasteiger charge is 2.17. The molecule has 1 aliphatic heterocycles. The normalized spacial score (nSPS) is 19.9. The minimum absolute atomic E-state index is 0.580. The summed E-state index contributed by atoms with van der Waals surface area (Å²) in [7, 11) is 0. The standard InChI is InChI=1S/C13H16N4O/c1-2-10(9-15-5-1)8-12-16-13(18-17-12)11-3-6-14-7-4-11/h3-4,6-7,10,15H,1-2,5,8-9H2.